The largest absolute Gasteiger partial charge is 0.407 e. The molecule has 4 nitrogen and oxygen atoms in total. The van der Waals surface area contributed by atoms with Gasteiger partial charge in [-0.15, -0.1) is 0 Å². The third kappa shape index (κ3) is 6.28. The van der Waals surface area contributed by atoms with Crippen LogP contribution in [0.3, 0.4) is 0 Å². The van der Waals surface area contributed by atoms with E-state index in [2.05, 4.69) is 48.5 Å². The fourth-order valence-electron chi connectivity index (χ4n) is 4.30. The van der Waals surface area contributed by atoms with E-state index in [1.165, 1.54) is 0 Å². The molecule has 0 aromatic heterocycles. The van der Waals surface area contributed by atoms with Gasteiger partial charge in [0.25, 0.3) is 0 Å². The van der Waals surface area contributed by atoms with Crippen molar-refractivity contribution in [1.29, 1.82) is 0 Å². The van der Waals surface area contributed by atoms with Gasteiger partial charge < -0.3 is 17.7 Å². The monoisotopic (exact) mass is 516 g/mol. The molecule has 0 heterocycles. The lowest BCUT2D eigenvalue weighted by molar-refractivity contribution is 0.208. The summed E-state index contributed by atoms with van der Waals surface area (Å²) in [5.41, 5.74) is 0. The second kappa shape index (κ2) is 14.0. The van der Waals surface area contributed by atoms with Gasteiger partial charge in [-0.2, -0.15) is 0 Å². The van der Waals surface area contributed by atoms with E-state index < -0.39 is 17.1 Å². The van der Waals surface area contributed by atoms with Gasteiger partial charge in [-0.05, 0) is 34.6 Å². The third-order valence-electron chi connectivity index (χ3n) is 5.89. The van der Waals surface area contributed by atoms with Gasteiger partial charge in [-0.1, -0.05) is 121 Å². The van der Waals surface area contributed by atoms with E-state index in [9.17, 15) is 0 Å². The summed E-state index contributed by atoms with van der Waals surface area (Å²) in [6.07, 6.45) is 0. The van der Waals surface area contributed by atoms with Crippen LogP contribution in [-0.2, 0) is 17.7 Å². The van der Waals surface area contributed by atoms with Gasteiger partial charge in [-0.25, -0.2) is 0 Å². The predicted molar refractivity (Wildman–Crippen MR) is 153 cm³/mol. The first-order chi connectivity index (χ1) is 17.7. The highest BCUT2D eigenvalue weighted by molar-refractivity contribution is 6.93. The Balaban J connectivity index is 0.000000202. The second-order valence-corrected chi connectivity index (χ2v) is 14.1. The van der Waals surface area contributed by atoms with Crippen LogP contribution in [0.15, 0.2) is 121 Å². The average molecular weight is 517 g/mol. The summed E-state index contributed by atoms with van der Waals surface area (Å²) < 4.78 is 23.9. The summed E-state index contributed by atoms with van der Waals surface area (Å²) in [4.78, 5) is 0. The predicted octanol–water partition coefficient (Wildman–Crippen LogP) is 3.85. The number of hydrogen-bond donors (Lipinski definition) is 0. The van der Waals surface area contributed by atoms with Crippen LogP contribution in [0.1, 0.15) is 13.8 Å². The zero-order chi connectivity index (χ0) is 25.7. The molecule has 0 bridgehead atoms. The van der Waals surface area contributed by atoms with Gasteiger partial charge in [0.2, 0.25) is 0 Å². The molecular formula is C30H36O4Si2. The fraction of sp³-hybridized carbons (Fsp3) is 0.200. The minimum absolute atomic E-state index is 0.649. The standard InChI is InChI=1S/C16H20O2Si.C14H16O2Si/c1-3-17-19(18-4-2,15-11-7-5-8-12-15)16-13-9-6-10-14-16;1-15-17(16-2,13-9-5-3-6-10-13)14-11-7-4-8-12-14/h5-14H,3-4H2,1-2H3;3-12H,1-2H3. The molecule has 0 amide bonds. The topological polar surface area (TPSA) is 36.9 Å². The van der Waals surface area contributed by atoms with Crippen molar-refractivity contribution < 1.29 is 17.7 Å². The van der Waals surface area contributed by atoms with E-state index in [1.54, 1.807) is 14.2 Å². The molecule has 6 heteroatoms. The normalized spacial score (nSPS) is 11.4. The summed E-state index contributed by atoms with van der Waals surface area (Å²) in [7, 11) is -1.61. The van der Waals surface area contributed by atoms with Gasteiger partial charge in [0, 0.05) is 27.4 Å². The quantitative estimate of drug-likeness (QED) is 0.300. The van der Waals surface area contributed by atoms with E-state index in [4.69, 9.17) is 17.7 Å². The van der Waals surface area contributed by atoms with Gasteiger partial charge in [0.05, 0.1) is 0 Å². The Morgan fingerprint density at radius 1 is 0.417 bits per heavy atom. The Morgan fingerprint density at radius 3 is 0.889 bits per heavy atom. The van der Waals surface area contributed by atoms with Crippen LogP contribution in [0.5, 0.6) is 0 Å². The van der Waals surface area contributed by atoms with Crippen LogP contribution in [0.25, 0.3) is 0 Å². The number of hydrogen-bond acceptors (Lipinski definition) is 4. The highest BCUT2D eigenvalue weighted by atomic mass is 28.4. The Kier molecular flexibility index (Phi) is 10.8. The van der Waals surface area contributed by atoms with Crippen molar-refractivity contribution in [2.75, 3.05) is 27.4 Å². The molecule has 4 aromatic carbocycles. The van der Waals surface area contributed by atoms with Crippen LogP contribution in [0, 0.1) is 0 Å². The molecule has 0 radical (unpaired) electrons. The van der Waals surface area contributed by atoms with Crippen molar-refractivity contribution in [3.63, 3.8) is 0 Å². The minimum Gasteiger partial charge on any atom is -0.391 e. The zero-order valence-electron chi connectivity index (χ0n) is 21.6. The molecule has 0 saturated heterocycles. The third-order valence-corrected chi connectivity index (χ3v) is 12.8. The SMILES string of the molecule is CCO[Si](OCC)(c1ccccc1)c1ccccc1.CO[Si](OC)(c1ccccc1)c1ccccc1. The molecule has 0 N–H and O–H groups in total. The van der Waals surface area contributed by atoms with Crippen LogP contribution in [0.4, 0.5) is 0 Å². The zero-order valence-corrected chi connectivity index (χ0v) is 23.6. The Labute approximate surface area is 218 Å². The summed E-state index contributed by atoms with van der Waals surface area (Å²) in [6, 6.07) is 40.9. The molecule has 0 atom stereocenters. The second-order valence-electron chi connectivity index (χ2n) is 7.97. The molecule has 0 unspecified atom stereocenters. The molecule has 0 aliphatic carbocycles. The average Bonchev–Trinajstić information content (AvgIpc) is 2.96. The molecular weight excluding hydrogens is 480 g/mol. The van der Waals surface area contributed by atoms with E-state index in [0.29, 0.717) is 13.2 Å². The van der Waals surface area contributed by atoms with Crippen LogP contribution in [0.2, 0.25) is 0 Å². The van der Waals surface area contributed by atoms with Crippen molar-refractivity contribution in [3.8, 4) is 0 Å². The maximum absolute atomic E-state index is 6.16. The molecule has 4 aromatic rings. The maximum atomic E-state index is 6.16. The van der Waals surface area contributed by atoms with E-state index >= 15 is 0 Å². The van der Waals surface area contributed by atoms with Crippen LogP contribution < -0.4 is 20.7 Å². The lowest BCUT2D eigenvalue weighted by atomic mass is 10.4. The van der Waals surface area contributed by atoms with E-state index in [1.807, 2.05) is 86.6 Å². The molecule has 188 valence electrons. The Hall–Kier alpha value is -2.85. The van der Waals surface area contributed by atoms with Gasteiger partial charge in [0.15, 0.2) is 0 Å². The molecule has 4 rings (SSSR count). The van der Waals surface area contributed by atoms with Gasteiger partial charge >= 0.3 is 17.1 Å². The Bertz CT molecular complexity index is 1030. The maximum Gasteiger partial charge on any atom is 0.407 e. The minimum atomic E-state index is -2.55. The molecule has 36 heavy (non-hydrogen) atoms. The van der Waals surface area contributed by atoms with Crippen LogP contribution in [-0.4, -0.2) is 44.6 Å². The summed E-state index contributed by atoms with van der Waals surface area (Å²) >= 11 is 0. The first-order valence-corrected chi connectivity index (χ1v) is 15.9. The lowest BCUT2D eigenvalue weighted by Crippen LogP contribution is -2.63. The van der Waals surface area contributed by atoms with Crippen molar-refractivity contribution >= 4 is 37.9 Å². The van der Waals surface area contributed by atoms with Gasteiger partial charge in [-0.3, -0.25) is 0 Å². The number of rotatable bonds is 10. The van der Waals surface area contributed by atoms with Crippen molar-refractivity contribution in [1.82, 2.24) is 0 Å². The van der Waals surface area contributed by atoms with Crippen molar-refractivity contribution in [3.05, 3.63) is 121 Å². The van der Waals surface area contributed by atoms with E-state index in [-0.39, 0.29) is 0 Å². The van der Waals surface area contributed by atoms with Crippen molar-refractivity contribution in [2.24, 2.45) is 0 Å². The highest BCUT2D eigenvalue weighted by Crippen LogP contribution is 2.10. The summed E-state index contributed by atoms with van der Waals surface area (Å²) in [5, 5.41) is 4.56. The van der Waals surface area contributed by atoms with Crippen molar-refractivity contribution in [2.45, 2.75) is 13.8 Å². The molecule has 0 saturated carbocycles. The molecule has 0 aliphatic rings. The molecule has 0 spiro atoms. The first kappa shape index (κ1) is 27.7. The van der Waals surface area contributed by atoms with E-state index in [0.717, 1.165) is 20.7 Å². The Morgan fingerprint density at radius 2 is 0.667 bits per heavy atom. The number of benzene rings is 4. The lowest BCUT2D eigenvalue weighted by Gasteiger charge is -2.30. The molecule has 0 aliphatic heterocycles. The summed E-state index contributed by atoms with van der Waals surface area (Å²) in [6.45, 7) is 5.34. The summed E-state index contributed by atoms with van der Waals surface area (Å²) in [5.74, 6) is 0. The fourth-order valence-corrected chi connectivity index (χ4v) is 10.2. The van der Waals surface area contributed by atoms with Gasteiger partial charge in [0.1, 0.15) is 0 Å². The molecule has 0 fully saturated rings. The highest BCUT2D eigenvalue weighted by Gasteiger charge is 2.42. The van der Waals surface area contributed by atoms with Crippen LogP contribution >= 0.6 is 0 Å². The smallest absolute Gasteiger partial charge is 0.391 e. The first-order valence-electron chi connectivity index (χ1n) is 12.3.